The van der Waals surface area contributed by atoms with Crippen LogP contribution < -0.4 is 26.8 Å². The summed E-state index contributed by atoms with van der Waals surface area (Å²) in [7, 11) is 0. The highest BCUT2D eigenvalue weighted by molar-refractivity contribution is 6.04. The molecule has 1 unspecified atom stereocenters. The number of fused-ring (bicyclic) bond motifs is 1. The van der Waals surface area contributed by atoms with E-state index < -0.39 is 17.4 Å². The lowest BCUT2D eigenvalue weighted by atomic mass is 9.92. The number of carbonyl (C=O) groups is 3. The monoisotopic (exact) mass is 438 g/mol. The van der Waals surface area contributed by atoms with Gasteiger partial charge in [-0.2, -0.15) is 4.98 Å². The van der Waals surface area contributed by atoms with Gasteiger partial charge in [0, 0.05) is 31.1 Å². The molecule has 0 spiro atoms. The molecule has 0 saturated carbocycles. The van der Waals surface area contributed by atoms with Gasteiger partial charge in [-0.25, -0.2) is 0 Å². The standard InChI is InChI=1S/C22H26N6O4/c1-11-3-4-14(9-12(11)2)24-20(31)15-10-16(29)25-19-17(15)21(32)27-22(26-19)28-7-5-13(6-8-28)18(23)30/h3-4,9,13,15H,5-8,10H2,1-2H3,(H2,23,30)(H,24,31)(H2,25,26,27,29,32). The Kier molecular flexibility index (Phi) is 5.68. The summed E-state index contributed by atoms with van der Waals surface area (Å²) in [6, 6.07) is 5.53. The Bertz CT molecular complexity index is 1150. The molecule has 4 rings (SSSR count). The molecule has 0 bridgehead atoms. The van der Waals surface area contributed by atoms with E-state index in [0.717, 1.165) is 11.1 Å². The van der Waals surface area contributed by atoms with Crippen LogP contribution in [0.15, 0.2) is 23.0 Å². The number of rotatable bonds is 4. The van der Waals surface area contributed by atoms with Crippen molar-refractivity contribution in [3.05, 3.63) is 45.2 Å². The lowest BCUT2D eigenvalue weighted by Gasteiger charge is -2.32. The average molecular weight is 438 g/mol. The van der Waals surface area contributed by atoms with Crippen molar-refractivity contribution in [3.8, 4) is 0 Å². The van der Waals surface area contributed by atoms with Gasteiger partial charge < -0.3 is 21.3 Å². The number of amides is 3. The van der Waals surface area contributed by atoms with Gasteiger partial charge in [-0.3, -0.25) is 24.2 Å². The van der Waals surface area contributed by atoms with Crippen LogP contribution in [0.3, 0.4) is 0 Å². The highest BCUT2D eigenvalue weighted by Crippen LogP contribution is 2.31. The van der Waals surface area contributed by atoms with E-state index in [4.69, 9.17) is 5.73 Å². The Hall–Kier alpha value is -3.69. The molecule has 2 aliphatic heterocycles. The minimum absolute atomic E-state index is 0.0947. The van der Waals surface area contributed by atoms with Crippen LogP contribution in [0.4, 0.5) is 17.5 Å². The Labute approximate surface area is 184 Å². The van der Waals surface area contributed by atoms with Crippen molar-refractivity contribution in [2.45, 2.75) is 39.0 Å². The molecule has 5 N–H and O–H groups in total. The quantitative estimate of drug-likeness (QED) is 0.562. The summed E-state index contributed by atoms with van der Waals surface area (Å²) in [5.74, 6) is -1.91. The van der Waals surface area contributed by atoms with E-state index >= 15 is 0 Å². The molecule has 1 aromatic carbocycles. The van der Waals surface area contributed by atoms with Gasteiger partial charge in [0.15, 0.2) is 0 Å². The van der Waals surface area contributed by atoms with Crippen LogP contribution >= 0.6 is 0 Å². The van der Waals surface area contributed by atoms with Crippen LogP contribution in [0.25, 0.3) is 0 Å². The summed E-state index contributed by atoms with van der Waals surface area (Å²) in [6.45, 7) is 4.92. The third-order valence-corrected chi connectivity index (χ3v) is 6.23. The van der Waals surface area contributed by atoms with E-state index in [1.165, 1.54) is 0 Å². The van der Waals surface area contributed by atoms with Crippen molar-refractivity contribution in [3.63, 3.8) is 0 Å². The first-order chi connectivity index (χ1) is 15.2. The third kappa shape index (κ3) is 4.20. The maximum absolute atomic E-state index is 13.0. The number of aromatic nitrogens is 2. The molecule has 32 heavy (non-hydrogen) atoms. The number of aromatic amines is 1. The van der Waals surface area contributed by atoms with Gasteiger partial charge in [-0.05, 0) is 49.9 Å². The van der Waals surface area contributed by atoms with Gasteiger partial charge in [-0.1, -0.05) is 6.07 Å². The normalized spacial score (nSPS) is 18.6. The van der Waals surface area contributed by atoms with Crippen molar-refractivity contribution in [1.29, 1.82) is 0 Å². The number of hydrogen-bond acceptors (Lipinski definition) is 6. The molecule has 2 aliphatic rings. The summed E-state index contributed by atoms with van der Waals surface area (Å²) < 4.78 is 0. The fraction of sp³-hybridized carbons (Fsp3) is 0.409. The van der Waals surface area contributed by atoms with Crippen LogP contribution in [-0.2, 0) is 14.4 Å². The molecule has 0 aliphatic carbocycles. The van der Waals surface area contributed by atoms with Crippen molar-refractivity contribution >= 4 is 35.2 Å². The lowest BCUT2D eigenvalue weighted by molar-refractivity contribution is -0.123. The molecular formula is C22H26N6O4. The van der Waals surface area contributed by atoms with Gasteiger partial charge >= 0.3 is 0 Å². The van der Waals surface area contributed by atoms with E-state index in [1.807, 2.05) is 30.9 Å². The maximum atomic E-state index is 13.0. The zero-order valence-corrected chi connectivity index (χ0v) is 18.0. The molecule has 1 fully saturated rings. The SMILES string of the molecule is Cc1ccc(NC(=O)C2CC(=O)Nc3nc(N4CCC(C(N)=O)CC4)[nH]c(=O)c32)cc1C. The number of benzene rings is 1. The van der Waals surface area contributed by atoms with Gasteiger partial charge in [0.25, 0.3) is 5.56 Å². The highest BCUT2D eigenvalue weighted by Gasteiger charge is 2.35. The Morgan fingerprint density at radius 1 is 1.16 bits per heavy atom. The lowest BCUT2D eigenvalue weighted by Crippen LogP contribution is -2.41. The number of piperidine rings is 1. The molecule has 3 heterocycles. The Morgan fingerprint density at radius 2 is 1.88 bits per heavy atom. The Balaban J connectivity index is 1.59. The van der Waals surface area contributed by atoms with Crippen molar-refractivity contribution in [1.82, 2.24) is 9.97 Å². The zero-order chi connectivity index (χ0) is 23.0. The topological polar surface area (TPSA) is 150 Å². The second-order valence-electron chi connectivity index (χ2n) is 8.41. The molecule has 1 saturated heterocycles. The number of aryl methyl sites for hydroxylation is 2. The number of H-pyrrole nitrogens is 1. The summed E-state index contributed by atoms with van der Waals surface area (Å²) in [5.41, 5.74) is 7.77. The number of nitrogens with two attached hydrogens (primary N) is 1. The van der Waals surface area contributed by atoms with Crippen molar-refractivity contribution < 1.29 is 14.4 Å². The van der Waals surface area contributed by atoms with Crippen LogP contribution in [0, 0.1) is 19.8 Å². The van der Waals surface area contributed by atoms with Crippen LogP contribution in [0.5, 0.6) is 0 Å². The van der Waals surface area contributed by atoms with Gasteiger partial charge in [-0.15, -0.1) is 0 Å². The molecule has 1 aromatic heterocycles. The molecule has 10 nitrogen and oxygen atoms in total. The second-order valence-corrected chi connectivity index (χ2v) is 8.41. The summed E-state index contributed by atoms with van der Waals surface area (Å²) in [5, 5.41) is 5.43. The van der Waals surface area contributed by atoms with E-state index in [2.05, 4.69) is 20.6 Å². The maximum Gasteiger partial charge on any atom is 0.258 e. The summed E-state index contributed by atoms with van der Waals surface area (Å²) >= 11 is 0. The molecule has 0 radical (unpaired) electrons. The van der Waals surface area contributed by atoms with Gasteiger partial charge in [0.1, 0.15) is 5.82 Å². The molecular weight excluding hydrogens is 412 g/mol. The fourth-order valence-corrected chi connectivity index (χ4v) is 4.16. The van der Waals surface area contributed by atoms with Crippen molar-refractivity contribution in [2.75, 3.05) is 28.6 Å². The second kappa shape index (κ2) is 8.45. The van der Waals surface area contributed by atoms with Crippen LogP contribution in [0.2, 0.25) is 0 Å². The number of anilines is 3. The number of carbonyl (C=O) groups excluding carboxylic acids is 3. The van der Waals surface area contributed by atoms with E-state index in [9.17, 15) is 19.2 Å². The van der Waals surface area contributed by atoms with E-state index in [0.29, 0.717) is 37.6 Å². The predicted octanol–water partition coefficient (Wildman–Crippen LogP) is 1.15. The van der Waals surface area contributed by atoms with Crippen molar-refractivity contribution in [2.24, 2.45) is 11.7 Å². The van der Waals surface area contributed by atoms with E-state index in [1.54, 1.807) is 6.07 Å². The van der Waals surface area contributed by atoms with Crippen LogP contribution in [0.1, 0.15) is 41.9 Å². The fourth-order valence-electron chi connectivity index (χ4n) is 4.16. The number of nitrogens with one attached hydrogen (secondary N) is 3. The molecule has 168 valence electrons. The minimum Gasteiger partial charge on any atom is -0.369 e. The Morgan fingerprint density at radius 3 is 2.53 bits per heavy atom. The van der Waals surface area contributed by atoms with Gasteiger partial charge in [0.2, 0.25) is 23.7 Å². The largest absolute Gasteiger partial charge is 0.369 e. The first kappa shape index (κ1) is 21.5. The predicted molar refractivity (Wildman–Crippen MR) is 120 cm³/mol. The molecule has 10 heteroatoms. The molecule has 1 atom stereocenters. The average Bonchev–Trinajstić information content (AvgIpc) is 2.75. The first-order valence-electron chi connectivity index (χ1n) is 10.6. The molecule has 2 aromatic rings. The smallest absolute Gasteiger partial charge is 0.258 e. The summed E-state index contributed by atoms with van der Waals surface area (Å²) in [4.78, 5) is 58.6. The first-order valence-corrected chi connectivity index (χ1v) is 10.6. The van der Waals surface area contributed by atoms with Gasteiger partial charge in [0.05, 0.1) is 11.5 Å². The molecule has 3 amide bonds. The number of primary amides is 1. The highest BCUT2D eigenvalue weighted by atomic mass is 16.2. The van der Waals surface area contributed by atoms with Crippen LogP contribution in [-0.4, -0.2) is 40.8 Å². The minimum atomic E-state index is -0.953. The zero-order valence-electron chi connectivity index (χ0n) is 18.0. The number of hydrogen-bond donors (Lipinski definition) is 4. The van der Waals surface area contributed by atoms with E-state index in [-0.39, 0.29) is 35.5 Å². The number of nitrogens with zero attached hydrogens (tertiary/aromatic N) is 2. The summed E-state index contributed by atoms with van der Waals surface area (Å²) in [6.07, 6.45) is 0.977. The third-order valence-electron chi connectivity index (χ3n) is 6.23.